The summed E-state index contributed by atoms with van der Waals surface area (Å²) in [6.07, 6.45) is 2.47. The second-order valence-electron chi connectivity index (χ2n) is 6.49. The molecular formula is C21H22FN3O2. The quantitative estimate of drug-likeness (QED) is 0.696. The molecule has 3 aromatic rings. The average Bonchev–Trinajstić information content (AvgIpc) is 3.03. The van der Waals surface area contributed by atoms with Gasteiger partial charge in [-0.15, -0.1) is 0 Å². The summed E-state index contributed by atoms with van der Waals surface area (Å²) in [5, 5.41) is 17.1. The fourth-order valence-electron chi connectivity index (χ4n) is 3.05. The molecule has 2 N–H and O–H groups in total. The molecule has 1 amide bonds. The molecule has 1 heterocycles. The van der Waals surface area contributed by atoms with Gasteiger partial charge >= 0.3 is 0 Å². The van der Waals surface area contributed by atoms with E-state index in [9.17, 15) is 14.3 Å². The molecule has 2 aromatic carbocycles. The predicted molar refractivity (Wildman–Crippen MR) is 101 cm³/mol. The van der Waals surface area contributed by atoms with Gasteiger partial charge in [-0.1, -0.05) is 18.2 Å². The van der Waals surface area contributed by atoms with Crippen LogP contribution in [0.4, 0.5) is 4.39 Å². The highest BCUT2D eigenvalue weighted by atomic mass is 19.1. The van der Waals surface area contributed by atoms with E-state index in [1.165, 1.54) is 12.1 Å². The fraction of sp³-hybridized carbons (Fsp3) is 0.238. The molecule has 0 saturated carbocycles. The van der Waals surface area contributed by atoms with E-state index < -0.39 is 0 Å². The molecule has 0 bridgehead atoms. The van der Waals surface area contributed by atoms with Crippen LogP contribution in [-0.4, -0.2) is 20.8 Å². The Morgan fingerprint density at radius 2 is 1.93 bits per heavy atom. The second kappa shape index (κ2) is 8.03. The molecule has 1 aromatic heterocycles. The zero-order chi connectivity index (χ0) is 19.4. The van der Waals surface area contributed by atoms with Crippen molar-refractivity contribution in [3.05, 3.63) is 77.4 Å². The van der Waals surface area contributed by atoms with Gasteiger partial charge in [-0.25, -0.2) is 9.07 Å². The first-order valence-electron chi connectivity index (χ1n) is 8.82. The third kappa shape index (κ3) is 4.34. The van der Waals surface area contributed by atoms with Crippen molar-refractivity contribution in [2.75, 3.05) is 0 Å². The lowest BCUT2D eigenvalue weighted by Gasteiger charge is -2.14. The Bertz CT molecular complexity index is 935. The van der Waals surface area contributed by atoms with Crippen LogP contribution in [0.2, 0.25) is 0 Å². The molecule has 0 fully saturated rings. The maximum absolute atomic E-state index is 13.1. The molecule has 0 saturated heterocycles. The Balaban J connectivity index is 1.64. The maximum Gasteiger partial charge on any atom is 0.220 e. The van der Waals surface area contributed by atoms with Crippen LogP contribution in [0.3, 0.4) is 0 Å². The highest BCUT2D eigenvalue weighted by molar-refractivity contribution is 5.76. The van der Waals surface area contributed by atoms with Gasteiger partial charge in [0.25, 0.3) is 0 Å². The van der Waals surface area contributed by atoms with E-state index in [1.807, 2.05) is 26.0 Å². The zero-order valence-corrected chi connectivity index (χ0v) is 15.3. The van der Waals surface area contributed by atoms with Gasteiger partial charge in [0.15, 0.2) is 0 Å². The third-order valence-electron chi connectivity index (χ3n) is 4.58. The maximum atomic E-state index is 13.1. The number of aryl methyl sites for hydroxylation is 1. The fourth-order valence-corrected chi connectivity index (χ4v) is 3.05. The lowest BCUT2D eigenvalue weighted by Crippen LogP contribution is -2.27. The Labute approximate surface area is 157 Å². The van der Waals surface area contributed by atoms with Crippen molar-refractivity contribution in [2.24, 2.45) is 0 Å². The molecule has 0 spiro atoms. The van der Waals surface area contributed by atoms with Gasteiger partial charge in [-0.3, -0.25) is 4.79 Å². The number of hydrogen-bond acceptors (Lipinski definition) is 3. The molecule has 27 heavy (non-hydrogen) atoms. The number of phenolic OH excluding ortho intramolecular Hbond substituents is 1. The molecule has 0 aliphatic carbocycles. The van der Waals surface area contributed by atoms with Crippen molar-refractivity contribution < 1.29 is 14.3 Å². The molecule has 1 unspecified atom stereocenters. The van der Waals surface area contributed by atoms with Gasteiger partial charge in [0.1, 0.15) is 11.6 Å². The van der Waals surface area contributed by atoms with Crippen LogP contribution in [-0.2, 0) is 11.2 Å². The molecule has 6 heteroatoms. The number of rotatable bonds is 6. The van der Waals surface area contributed by atoms with Crippen LogP contribution in [0.15, 0.2) is 54.7 Å². The number of nitrogens with one attached hydrogen (secondary N) is 1. The summed E-state index contributed by atoms with van der Waals surface area (Å²) in [7, 11) is 0. The van der Waals surface area contributed by atoms with Crippen molar-refractivity contribution in [3.63, 3.8) is 0 Å². The second-order valence-corrected chi connectivity index (χ2v) is 6.49. The van der Waals surface area contributed by atoms with Crippen LogP contribution < -0.4 is 5.32 Å². The van der Waals surface area contributed by atoms with E-state index in [-0.39, 0.29) is 29.9 Å². The van der Waals surface area contributed by atoms with E-state index in [0.29, 0.717) is 6.42 Å². The van der Waals surface area contributed by atoms with Gasteiger partial charge in [0.05, 0.1) is 17.9 Å². The minimum atomic E-state index is -0.297. The number of amides is 1. The van der Waals surface area contributed by atoms with Crippen molar-refractivity contribution in [1.82, 2.24) is 15.1 Å². The SMILES string of the molecule is Cc1c(C(C)NC(=O)CCc2ccccc2O)cnn1-c1ccc(F)cc1. The van der Waals surface area contributed by atoms with Crippen molar-refractivity contribution in [2.45, 2.75) is 32.7 Å². The number of hydrogen-bond donors (Lipinski definition) is 2. The van der Waals surface area contributed by atoms with E-state index in [0.717, 1.165) is 22.5 Å². The van der Waals surface area contributed by atoms with Crippen LogP contribution in [0, 0.1) is 12.7 Å². The number of carbonyl (C=O) groups excluding carboxylic acids is 1. The van der Waals surface area contributed by atoms with Gasteiger partial charge in [0.2, 0.25) is 5.91 Å². The van der Waals surface area contributed by atoms with Crippen LogP contribution in [0.5, 0.6) is 5.75 Å². The first kappa shape index (κ1) is 18.6. The van der Waals surface area contributed by atoms with Crippen molar-refractivity contribution in [1.29, 1.82) is 0 Å². The molecule has 3 rings (SSSR count). The van der Waals surface area contributed by atoms with Gasteiger partial charge in [-0.2, -0.15) is 5.10 Å². The van der Waals surface area contributed by atoms with E-state index in [2.05, 4.69) is 10.4 Å². The summed E-state index contributed by atoms with van der Waals surface area (Å²) in [6.45, 7) is 3.81. The summed E-state index contributed by atoms with van der Waals surface area (Å²) in [5.41, 5.74) is 3.30. The number of halogens is 1. The zero-order valence-electron chi connectivity index (χ0n) is 15.3. The summed E-state index contributed by atoms with van der Waals surface area (Å²) < 4.78 is 14.8. The van der Waals surface area contributed by atoms with Gasteiger partial charge in [0, 0.05) is 17.7 Å². The molecule has 0 radical (unpaired) electrons. The normalized spacial score (nSPS) is 12.0. The standard InChI is InChI=1S/C21H22FN3O2/c1-14(24-21(27)12-7-16-5-3-4-6-20(16)26)19-13-23-25(15(19)2)18-10-8-17(22)9-11-18/h3-6,8-11,13-14,26H,7,12H2,1-2H3,(H,24,27). The summed E-state index contributed by atoms with van der Waals surface area (Å²) in [5.74, 6) is -0.191. The smallest absolute Gasteiger partial charge is 0.220 e. The molecule has 0 aliphatic rings. The molecular weight excluding hydrogens is 345 g/mol. The van der Waals surface area contributed by atoms with Crippen molar-refractivity contribution in [3.8, 4) is 11.4 Å². The number of aromatic hydroxyl groups is 1. The van der Waals surface area contributed by atoms with Gasteiger partial charge < -0.3 is 10.4 Å². The molecule has 5 nitrogen and oxygen atoms in total. The minimum Gasteiger partial charge on any atom is -0.508 e. The number of carbonyl (C=O) groups is 1. The number of nitrogens with zero attached hydrogens (tertiary/aromatic N) is 2. The number of phenols is 1. The van der Waals surface area contributed by atoms with Crippen LogP contribution in [0.1, 0.15) is 36.2 Å². The van der Waals surface area contributed by atoms with E-state index >= 15 is 0 Å². The predicted octanol–water partition coefficient (Wildman–Crippen LogP) is 3.84. The minimum absolute atomic E-state index is 0.0975. The Morgan fingerprint density at radius 1 is 1.22 bits per heavy atom. The lowest BCUT2D eigenvalue weighted by molar-refractivity contribution is -0.121. The lowest BCUT2D eigenvalue weighted by atomic mass is 10.1. The monoisotopic (exact) mass is 367 g/mol. The van der Waals surface area contributed by atoms with Crippen molar-refractivity contribution >= 4 is 5.91 Å². The summed E-state index contributed by atoms with van der Waals surface area (Å²) >= 11 is 0. The Morgan fingerprint density at radius 3 is 2.63 bits per heavy atom. The summed E-state index contributed by atoms with van der Waals surface area (Å²) in [6, 6.07) is 12.9. The Kier molecular flexibility index (Phi) is 5.54. The summed E-state index contributed by atoms with van der Waals surface area (Å²) in [4.78, 5) is 12.3. The Hall–Kier alpha value is -3.15. The topological polar surface area (TPSA) is 67.2 Å². The first-order valence-corrected chi connectivity index (χ1v) is 8.82. The van der Waals surface area contributed by atoms with E-state index in [4.69, 9.17) is 0 Å². The highest BCUT2D eigenvalue weighted by Gasteiger charge is 2.16. The van der Waals surface area contributed by atoms with Crippen LogP contribution in [0.25, 0.3) is 5.69 Å². The largest absolute Gasteiger partial charge is 0.508 e. The molecule has 140 valence electrons. The molecule has 1 atom stereocenters. The number of benzene rings is 2. The van der Waals surface area contributed by atoms with Gasteiger partial charge in [-0.05, 0) is 56.2 Å². The molecule has 0 aliphatic heterocycles. The van der Waals surface area contributed by atoms with Crippen LogP contribution >= 0.6 is 0 Å². The number of para-hydroxylation sites is 1. The van der Waals surface area contributed by atoms with E-state index in [1.54, 1.807) is 35.1 Å². The third-order valence-corrected chi connectivity index (χ3v) is 4.58. The number of aromatic nitrogens is 2. The average molecular weight is 367 g/mol. The highest BCUT2D eigenvalue weighted by Crippen LogP contribution is 2.21. The first-order chi connectivity index (χ1) is 13.0.